The van der Waals surface area contributed by atoms with Crippen molar-refractivity contribution in [3.63, 3.8) is 0 Å². The Morgan fingerprint density at radius 2 is 1.85 bits per heavy atom. The van der Waals surface area contributed by atoms with Crippen molar-refractivity contribution >= 4 is 8.07 Å². The number of likely N-dealkylation sites (N-methyl/N-ethyl adjacent to an activating group) is 1. The van der Waals surface area contributed by atoms with Gasteiger partial charge >= 0.3 is 0 Å². The van der Waals surface area contributed by atoms with Gasteiger partial charge in [0.15, 0.2) is 0 Å². The van der Waals surface area contributed by atoms with E-state index in [4.69, 9.17) is 0 Å². The van der Waals surface area contributed by atoms with E-state index in [2.05, 4.69) is 57.4 Å². The van der Waals surface area contributed by atoms with E-state index in [1.807, 2.05) is 0 Å². The molecule has 0 aliphatic carbocycles. The van der Waals surface area contributed by atoms with E-state index in [-0.39, 0.29) is 0 Å². The number of hydrogen-bond donors (Lipinski definition) is 0. The van der Waals surface area contributed by atoms with Crippen LogP contribution >= 0.6 is 0 Å². The zero-order valence-corrected chi connectivity index (χ0v) is 10.7. The summed E-state index contributed by atoms with van der Waals surface area (Å²) in [7, 11) is 3.23. The predicted octanol–water partition coefficient (Wildman–Crippen LogP) is 3.00. The number of rotatable bonds is 5. The fourth-order valence-corrected chi connectivity index (χ4v) is 1.86. The van der Waals surface area contributed by atoms with Crippen LogP contribution in [0.1, 0.15) is 0 Å². The maximum absolute atomic E-state index is 4.00. The van der Waals surface area contributed by atoms with Crippen molar-refractivity contribution in [2.24, 2.45) is 0 Å². The van der Waals surface area contributed by atoms with Crippen molar-refractivity contribution in [2.75, 3.05) is 20.6 Å². The van der Waals surface area contributed by atoms with E-state index >= 15 is 0 Å². The summed E-state index contributed by atoms with van der Waals surface area (Å²) < 4.78 is 0. The van der Waals surface area contributed by atoms with E-state index in [9.17, 15) is 0 Å². The second-order valence-corrected chi connectivity index (χ2v) is 10.6. The Morgan fingerprint density at radius 3 is 2.23 bits per heavy atom. The van der Waals surface area contributed by atoms with Gasteiger partial charge in [-0.2, -0.15) is 0 Å². The lowest BCUT2D eigenvalue weighted by Crippen LogP contribution is -2.17. The van der Waals surface area contributed by atoms with Gasteiger partial charge in [-0.1, -0.05) is 38.4 Å². The van der Waals surface area contributed by atoms with Gasteiger partial charge in [0.25, 0.3) is 0 Å². The SMILES string of the molecule is C=C(/C=C\C[Si](C)(C)C)CN(C)C. The minimum Gasteiger partial charge on any atom is -0.305 e. The first-order valence-corrected chi connectivity index (χ1v) is 8.51. The molecule has 2 heteroatoms. The molecule has 0 fully saturated rings. The molecule has 0 bridgehead atoms. The monoisotopic (exact) mass is 197 g/mol. The fourth-order valence-electron chi connectivity index (χ4n) is 1.04. The smallest absolute Gasteiger partial charge is 0.0480 e. The van der Waals surface area contributed by atoms with Crippen molar-refractivity contribution < 1.29 is 0 Å². The molecule has 0 aromatic rings. The molecule has 0 saturated carbocycles. The Morgan fingerprint density at radius 1 is 1.31 bits per heavy atom. The van der Waals surface area contributed by atoms with Crippen molar-refractivity contribution in [1.82, 2.24) is 4.90 Å². The third-order valence-corrected chi connectivity index (χ3v) is 3.06. The summed E-state index contributed by atoms with van der Waals surface area (Å²) in [6.45, 7) is 12.1. The summed E-state index contributed by atoms with van der Waals surface area (Å²) in [5, 5.41) is 0. The molecule has 0 amide bonds. The number of allylic oxidation sites excluding steroid dienone is 1. The topological polar surface area (TPSA) is 3.24 Å². The Kier molecular flexibility index (Phi) is 5.26. The molecule has 0 radical (unpaired) electrons. The average Bonchev–Trinajstić information content (AvgIpc) is 1.81. The van der Waals surface area contributed by atoms with Crippen LogP contribution in [-0.4, -0.2) is 33.6 Å². The molecule has 1 nitrogen and oxygen atoms in total. The Hall–Kier alpha value is -0.343. The molecule has 0 aliphatic rings. The van der Waals surface area contributed by atoms with E-state index in [1.54, 1.807) is 0 Å². The van der Waals surface area contributed by atoms with Crippen molar-refractivity contribution in [2.45, 2.75) is 25.7 Å². The summed E-state index contributed by atoms with van der Waals surface area (Å²) in [5.74, 6) is 0. The first kappa shape index (κ1) is 12.7. The highest BCUT2D eigenvalue weighted by atomic mass is 28.3. The van der Waals surface area contributed by atoms with Gasteiger partial charge in [0.05, 0.1) is 0 Å². The lowest BCUT2D eigenvalue weighted by Gasteiger charge is -2.12. The van der Waals surface area contributed by atoms with Gasteiger partial charge in [0.2, 0.25) is 0 Å². The van der Waals surface area contributed by atoms with Crippen molar-refractivity contribution in [1.29, 1.82) is 0 Å². The predicted molar refractivity (Wildman–Crippen MR) is 65.0 cm³/mol. The van der Waals surface area contributed by atoms with Crippen LogP contribution in [-0.2, 0) is 0 Å². The van der Waals surface area contributed by atoms with Crippen LogP contribution in [0.2, 0.25) is 25.7 Å². The third kappa shape index (κ3) is 9.57. The first-order chi connectivity index (χ1) is 5.81. The zero-order valence-electron chi connectivity index (χ0n) is 9.72. The molecule has 0 N–H and O–H groups in total. The molecular weight excluding hydrogens is 174 g/mol. The molecule has 13 heavy (non-hydrogen) atoms. The van der Waals surface area contributed by atoms with E-state index in [1.165, 1.54) is 11.6 Å². The van der Waals surface area contributed by atoms with Crippen LogP contribution in [0, 0.1) is 0 Å². The minimum atomic E-state index is -0.906. The lowest BCUT2D eigenvalue weighted by molar-refractivity contribution is 0.449. The maximum atomic E-state index is 4.00. The van der Waals surface area contributed by atoms with Crippen LogP contribution in [0.15, 0.2) is 24.3 Å². The molecular formula is C11H23NSi. The molecule has 0 heterocycles. The Bertz CT molecular complexity index is 187. The van der Waals surface area contributed by atoms with Crippen LogP contribution in [0.5, 0.6) is 0 Å². The highest BCUT2D eigenvalue weighted by Gasteiger charge is 2.09. The molecule has 0 rings (SSSR count). The van der Waals surface area contributed by atoms with E-state index < -0.39 is 8.07 Å². The zero-order chi connectivity index (χ0) is 10.5. The summed E-state index contributed by atoms with van der Waals surface area (Å²) in [5.41, 5.74) is 1.20. The van der Waals surface area contributed by atoms with Gasteiger partial charge in [-0.25, -0.2) is 0 Å². The van der Waals surface area contributed by atoms with Crippen LogP contribution < -0.4 is 0 Å². The molecule has 0 aromatic carbocycles. The van der Waals surface area contributed by atoms with Gasteiger partial charge in [-0.05, 0) is 25.7 Å². The second-order valence-electron chi connectivity index (χ2n) is 5.06. The minimum absolute atomic E-state index is 0.906. The first-order valence-electron chi connectivity index (χ1n) is 4.80. The highest BCUT2D eigenvalue weighted by molar-refractivity contribution is 6.76. The second kappa shape index (κ2) is 5.40. The molecule has 0 saturated heterocycles. The van der Waals surface area contributed by atoms with Gasteiger partial charge in [0, 0.05) is 14.6 Å². The van der Waals surface area contributed by atoms with E-state index in [0.717, 1.165) is 6.54 Å². The quantitative estimate of drug-likeness (QED) is 0.484. The summed E-state index contributed by atoms with van der Waals surface area (Å²) >= 11 is 0. The van der Waals surface area contributed by atoms with Gasteiger partial charge in [-0.15, -0.1) is 0 Å². The van der Waals surface area contributed by atoms with Crippen molar-refractivity contribution in [3.8, 4) is 0 Å². The molecule has 0 atom stereocenters. The molecule has 76 valence electrons. The third-order valence-electron chi connectivity index (χ3n) is 1.60. The van der Waals surface area contributed by atoms with Gasteiger partial charge in [0.1, 0.15) is 0 Å². The van der Waals surface area contributed by atoms with Crippen LogP contribution in [0.4, 0.5) is 0 Å². The van der Waals surface area contributed by atoms with Gasteiger partial charge < -0.3 is 4.90 Å². The standard InChI is InChI=1S/C11H23NSi/c1-11(10-12(2)3)8-7-9-13(4,5)6/h7-8H,1,9-10H2,2-6H3/b8-7-. The molecule has 0 unspecified atom stereocenters. The molecule has 0 spiro atoms. The average molecular weight is 197 g/mol. The highest BCUT2D eigenvalue weighted by Crippen LogP contribution is 2.09. The number of nitrogens with zero attached hydrogens (tertiary/aromatic N) is 1. The number of hydrogen-bond acceptors (Lipinski definition) is 1. The normalized spacial score (nSPS) is 12.8. The van der Waals surface area contributed by atoms with Crippen LogP contribution in [0.3, 0.4) is 0 Å². The van der Waals surface area contributed by atoms with E-state index in [0.29, 0.717) is 0 Å². The maximum Gasteiger partial charge on any atom is 0.0480 e. The van der Waals surface area contributed by atoms with Crippen molar-refractivity contribution in [3.05, 3.63) is 24.3 Å². The summed E-state index contributed by atoms with van der Waals surface area (Å²) in [6, 6.07) is 1.25. The Balaban J connectivity index is 3.79. The lowest BCUT2D eigenvalue weighted by atomic mass is 10.3. The summed E-state index contributed by atoms with van der Waals surface area (Å²) in [4.78, 5) is 2.14. The van der Waals surface area contributed by atoms with Crippen LogP contribution in [0.25, 0.3) is 0 Å². The van der Waals surface area contributed by atoms with Gasteiger partial charge in [-0.3, -0.25) is 0 Å². The molecule has 0 aromatic heterocycles. The largest absolute Gasteiger partial charge is 0.305 e. The molecule has 0 aliphatic heterocycles. The fraction of sp³-hybridized carbons (Fsp3) is 0.636. The summed E-state index contributed by atoms with van der Waals surface area (Å²) in [6.07, 6.45) is 4.44. The Labute approximate surface area is 84.2 Å².